The summed E-state index contributed by atoms with van der Waals surface area (Å²) in [7, 11) is 0. The van der Waals surface area contributed by atoms with Crippen LogP contribution in [-0.2, 0) is 6.42 Å². The molecule has 18 heavy (non-hydrogen) atoms. The Labute approximate surface area is 113 Å². The van der Waals surface area contributed by atoms with E-state index in [1.54, 1.807) is 0 Å². The average Bonchev–Trinajstić information content (AvgIpc) is 2.83. The minimum atomic E-state index is 0.231. The van der Waals surface area contributed by atoms with Gasteiger partial charge in [0.2, 0.25) is 0 Å². The quantitative estimate of drug-likeness (QED) is 0.651. The number of aromatic nitrogens is 2. The summed E-state index contributed by atoms with van der Waals surface area (Å²) in [5.74, 6) is 8.04. The maximum Gasteiger partial charge on any atom is 0.0801 e. The van der Waals surface area contributed by atoms with E-state index in [9.17, 15) is 0 Å². The Hall–Kier alpha value is -0.520. The van der Waals surface area contributed by atoms with Crippen LogP contribution in [0.15, 0.2) is 0 Å². The molecule has 0 saturated heterocycles. The minimum absolute atomic E-state index is 0.231. The molecule has 1 aliphatic rings. The minimum Gasteiger partial charge on any atom is -0.271 e. The molecular weight excluding hydrogens is 244 g/mol. The maximum atomic E-state index is 5.80. The van der Waals surface area contributed by atoms with Gasteiger partial charge in [-0.1, -0.05) is 31.7 Å². The molecule has 0 amide bonds. The molecule has 1 saturated carbocycles. The van der Waals surface area contributed by atoms with Gasteiger partial charge in [-0.2, -0.15) is 0 Å². The Bertz CT molecular complexity index is 379. The molecule has 1 heterocycles. The predicted octanol–water partition coefficient (Wildman–Crippen LogP) is 2.68. The van der Waals surface area contributed by atoms with Crippen molar-refractivity contribution in [2.24, 2.45) is 23.6 Å². The smallest absolute Gasteiger partial charge is 0.0801 e. The Morgan fingerprint density at radius 2 is 2.17 bits per heavy atom. The third-order valence-electron chi connectivity index (χ3n) is 4.49. The van der Waals surface area contributed by atoms with Gasteiger partial charge in [0.1, 0.15) is 0 Å². The summed E-state index contributed by atoms with van der Waals surface area (Å²) in [5, 5.41) is 4.21. The zero-order valence-corrected chi connectivity index (χ0v) is 12.3. The van der Waals surface area contributed by atoms with Crippen molar-refractivity contribution in [1.82, 2.24) is 15.0 Å². The highest BCUT2D eigenvalue weighted by Crippen LogP contribution is 2.40. The molecule has 0 spiro atoms. The highest BCUT2D eigenvalue weighted by molar-refractivity contribution is 7.05. The molecule has 4 atom stereocenters. The summed E-state index contributed by atoms with van der Waals surface area (Å²) < 4.78 is 4.09. The monoisotopic (exact) mass is 268 g/mol. The highest BCUT2D eigenvalue weighted by Gasteiger charge is 2.32. The third kappa shape index (κ3) is 2.73. The zero-order valence-electron chi connectivity index (χ0n) is 11.5. The summed E-state index contributed by atoms with van der Waals surface area (Å²) >= 11 is 1.50. The summed E-state index contributed by atoms with van der Waals surface area (Å²) in [6, 6.07) is 0.231. The van der Waals surface area contributed by atoms with Gasteiger partial charge >= 0.3 is 0 Å². The number of hydrogen-bond acceptors (Lipinski definition) is 5. The molecule has 0 bridgehead atoms. The second-order valence-corrected chi connectivity index (χ2v) is 6.40. The van der Waals surface area contributed by atoms with E-state index in [-0.39, 0.29) is 6.04 Å². The van der Waals surface area contributed by atoms with Crippen LogP contribution in [0, 0.1) is 17.8 Å². The molecule has 1 aromatic heterocycles. The summed E-state index contributed by atoms with van der Waals surface area (Å²) in [6.45, 7) is 6.84. The van der Waals surface area contributed by atoms with E-state index in [0.29, 0.717) is 5.92 Å². The van der Waals surface area contributed by atoms with Gasteiger partial charge in [0.25, 0.3) is 0 Å². The topological polar surface area (TPSA) is 63.8 Å². The van der Waals surface area contributed by atoms with Crippen molar-refractivity contribution in [3.63, 3.8) is 0 Å². The summed E-state index contributed by atoms with van der Waals surface area (Å²) in [4.78, 5) is 1.24. The largest absolute Gasteiger partial charge is 0.271 e. The van der Waals surface area contributed by atoms with Crippen molar-refractivity contribution in [2.45, 2.75) is 52.5 Å². The first-order valence-electron chi connectivity index (χ1n) is 6.94. The van der Waals surface area contributed by atoms with Gasteiger partial charge in [0, 0.05) is 0 Å². The van der Waals surface area contributed by atoms with Gasteiger partial charge < -0.3 is 0 Å². The number of rotatable bonds is 4. The summed E-state index contributed by atoms with van der Waals surface area (Å²) in [6.07, 6.45) is 4.74. The van der Waals surface area contributed by atoms with E-state index in [1.807, 2.05) is 0 Å². The average molecular weight is 268 g/mol. The van der Waals surface area contributed by atoms with E-state index >= 15 is 0 Å². The molecular formula is C13H24N4S. The van der Waals surface area contributed by atoms with Gasteiger partial charge in [-0.25, -0.2) is 0 Å². The molecule has 102 valence electrons. The van der Waals surface area contributed by atoms with Crippen LogP contribution in [0.2, 0.25) is 0 Å². The van der Waals surface area contributed by atoms with Crippen LogP contribution in [0.3, 0.4) is 0 Å². The Morgan fingerprint density at radius 3 is 2.78 bits per heavy atom. The van der Waals surface area contributed by atoms with E-state index in [1.165, 1.54) is 35.7 Å². The number of nitrogens with one attached hydrogen (secondary N) is 1. The molecule has 1 aromatic rings. The van der Waals surface area contributed by atoms with Crippen molar-refractivity contribution in [1.29, 1.82) is 0 Å². The van der Waals surface area contributed by atoms with Crippen LogP contribution in [0.1, 0.15) is 56.6 Å². The Balaban J connectivity index is 2.14. The third-order valence-corrected chi connectivity index (χ3v) is 5.34. The lowest BCUT2D eigenvalue weighted by Crippen LogP contribution is -2.37. The highest BCUT2D eigenvalue weighted by atomic mass is 32.1. The number of nitrogens with two attached hydrogens (primary N) is 1. The first kappa shape index (κ1) is 13.9. The van der Waals surface area contributed by atoms with E-state index in [4.69, 9.17) is 5.84 Å². The fourth-order valence-electron chi connectivity index (χ4n) is 3.01. The van der Waals surface area contributed by atoms with Crippen LogP contribution >= 0.6 is 11.5 Å². The van der Waals surface area contributed by atoms with Gasteiger partial charge in [0.05, 0.1) is 16.6 Å². The molecule has 4 nitrogen and oxygen atoms in total. The molecule has 2 rings (SSSR count). The van der Waals surface area contributed by atoms with Crippen LogP contribution in [-0.4, -0.2) is 9.59 Å². The van der Waals surface area contributed by atoms with Crippen molar-refractivity contribution in [2.75, 3.05) is 0 Å². The molecule has 0 aromatic carbocycles. The molecule has 0 radical (unpaired) electrons. The molecule has 1 fully saturated rings. The Morgan fingerprint density at radius 1 is 1.39 bits per heavy atom. The van der Waals surface area contributed by atoms with E-state index < -0.39 is 0 Å². The van der Waals surface area contributed by atoms with Crippen LogP contribution in [0.5, 0.6) is 0 Å². The van der Waals surface area contributed by atoms with E-state index in [2.05, 4.69) is 35.8 Å². The molecule has 1 aliphatic carbocycles. The number of aryl methyl sites for hydroxylation is 1. The second kappa shape index (κ2) is 6.08. The van der Waals surface area contributed by atoms with Crippen LogP contribution in [0.4, 0.5) is 0 Å². The van der Waals surface area contributed by atoms with Crippen molar-refractivity contribution >= 4 is 11.5 Å². The summed E-state index contributed by atoms with van der Waals surface area (Å²) in [5.41, 5.74) is 4.12. The van der Waals surface area contributed by atoms with Gasteiger partial charge in [-0.3, -0.25) is 11.3 Å². The molecule has 5 heteroatoms. The first-order chi connectivity index (χ1) is 8.67. The number of hydrogen-bond donors (Lipinski definition) is 2. The maximum absolute atomic E-state index is 5.80. The lowest BCUT2D eigenvalue weighted by Gasteiger charge is -2.36. The first-order valence-corrected chi connectivity index (χ1v) is 7.71. The molecule has 4 unspecified atom stereocenters. The van der Waals surface area contributed by atoms with E-state index in [0.717, 1.165) is 24.0 Å². The van der Waals surface area contributed by atoms with Gasteiger partial charge in [0.15, 0.2) is 0 Å². The van der Waals surface area contributed by atoms with Crippen LogP contribution in [0.25, 0.3) is 0 Å². The normalized spacial score (nSPS) is 30.3. The lowest BCUT2D eigenvalue weighted by molar-refractivity contribution is 0.172. The van der Waals surface area contributed by atoms with Crippen molar-refractivity contribution in [3.05, 3.63) is 10.6 Å². The Kier molecular flexibility index (Phi) is 4.70. The molecule has 3 N–H and O–H groups in total. The SMILES string of the molecule is CCc1nnsc1C(NN)C1CCC(C)C(C)C1. The number of hydrazine groups is 1. The fourth-order valence-corrected chi connectivity index (χ4v) is 3.91. The van der Waals surface area contributed by atoms with Gasteiger partial charge in [-0.05, 0) is 48.5 Å². The van der Waals surface area contributed by atoms with Crippen LogP contribution < -0.4 is 11.3 Å². The fraction of sp³-hybridized carbons (Fsp3) is 0.846. The van der Waals surface area contributed by atoms with Crippen molar-refractivity contribution < 1.29 is 0 Å². The predicted molar refractivity (Wildman–Crippen MR) is 75.0 cm³/mol. The molecule has 0 aliphatic heterocycles. The second-order valence-electron chi connectivity index (χ2n) is 5.61. The lowest BCUT2D eigenvalue weighted by atomic mass is 9.73. The van der Waals surface area contributed by atoms with Gasteiger partial charge in [-0.15, -0.1) is 5.10 Å². The van der Waals surface area contributed by atoms with Crippen molar-refractivity contribution in [3.8, 4) is 0 Å². The zero-order chi connectivity index (χ0) is 13.1. The number of nitrogens with zero attached hydrogens (tertiary/aromatic N) is 2. The standard InChI is InChI=1S/C13H24N4S/c1-4-11-13(18-17-16-11)12(15-14)10-6-5-8(2)9(3)7-10/h8-10,12,15H,4-7,14H2,1-3H3.